The number of carbonyl (C=O) groups is 1. The summed E-state index contributed by atoms with van der Waals surface area (Å²) in [7, 11) is 0. The lowest BCUT2D eigenvalue weighted by Crippen LogP contribution is -2.42. The van der Waals surface area contributed by atoms with Gasteiger partial charge >= 0.3 is 6.18 Å². The van der Waals surface area contributed by atoms with Crippen molar-refractivity contribution < 1.29 is 18.0 Å². The van der Waals surface area contributed by atoms with Gasteiger partial charge in [0.05, 0.1) is 33.8 Å². The number of nitriles is 1. The van der Waals surface area contributed by atoms with E-state index < -0.39 is 23.1 Å². The number of hydrogen-bond donors (Lipinski definition) is 1. The van der Waals surface area contributed by atoms with Crippen LogP contribution in [0.1, 0.15) is 43.7 Å². The zero-order valence-corrected chi connectivity index (χ0v) is 19.8. The second kappa shape index (κ2) is 8.37. The SMILES string of the molecule is CC1(C)CC(=O)C2=C(C1)N(c1cc(C(F)(F)F)ccc1Cl)C(N)=C(C#N)C2c1ccc(Cl)cc1. The molecule has 0 fully saturated rings. The molecule has 2 aromatic rings. The van der Waals surface area contributed by atoms with Crippen LogP contribution in [0.15, 0.2) is 65.1 Å². The normalized spacial score (nSPS) is 20.4. The van der Waals surface area contributed by atoms with Gasteiger partial charge in [0.1, 0.15) is 5.82 Å². The Kier molecular flexibility index (Phi) is 5.95. The molecule has 0 saturated heterocycles. The number of anilines is 1. The van der Waals surface area contributed by atoms with Crippen LogP contribution in [0.4, 0.5) is 18.9 Å². The molecule has 1 heterocycles. The highest BCUT2D eigenvalue weighted by atomic mass is 35.5. The molecule has 0 bridgehead atoms. The van der Waals surface area contributed by atoms with Gasteiger partial charge in [0.2, 0.25) is 0 Å². The first-order chi connectivity index (χ1) is 15.8. The van der Waals surface area contributed by atoms with Crippen LogP contribution >= 0.6 is 23.2 Å². The van der Waals surface area contributed by atoms with Crippen LogP contribution < -0.4 is 10.6 Å². The van der Waals surface area contributed by atoms with Crippen molar-refractivity contribution in [1.82, 2.24) is 0 Å². The Bertz CT molecular complexity index is 1290. The maximum absolute atomic E-state index is 13.5. The molecule has 1 aliphatic heterocycles. The first-order valence-corrected chi connectivity index (χ1v) is 11.2. The Balaban J connectivity index is 2.02. The molecule has 2 N–H and O–H groups in total. The van der Waals surface area contributed by atoms with Gasteiger partial charge in [0, 0.05) is 22.7 Å². The molecule has 1 aliphatic carbocycles. The maximum Gasteiger partial charge on any atom is 0.416 e. The molecule has 0 saturated carbocycles. The van der Waals surface area contributed by atoms with Crippen LogP contribution in [0.2, 0.25) is 10.0 Å². The van der Waals surface area contributed by atoms with Gasteiger partial charge in [0.15, 0.2) is 5.78 Å². The van der Waals surface area contributed by atoms with Crippen molar-refractivity contribution in [3.8, 4) is 6.07 Å². The summed E-state index contributed by atoms with van der Waals surface area (Å²) in [5.41, 5.74) is 6.51. The number of carbonyl (C=O) groups excluding carboxylic acids is 1. The zero-order chi connectivity index (χ0) is 25.0. The van der Waals surface area contributed by atoms with Gasteiger partial charge in [-0.25, -0.2) is 0 Å². The zero-order valence-electron chi connectivity index (χ0n) is 18.3. The summed E-state index contributed by atoms with van der Waals surface area (Å²) in [4.78, 5) is 14.8. The average molecular weight is 506 g/mol. The number of ketones is 1. The van der Waals surface area contributed by atoms with E-state index in [2.05, 4.69) is 6.07 Å². The third-order valence-electron chi connectivity index (χ3n) is 6.10. The molecule has 2 aromatic carbocycles. The van der Waals surface area contributed by atoms with E-state index >= 15 is 0 Å². The lowest BCUT2D eigenvalue weighted by atomic mass is 9.68. The minimum absolute atomic E-state index is 0.0147. The number of hydrogen-bond acceptors (Lipinski definition) is 4. The summed E-state index contributed by atoms with van der Waals surface area (Å²) in [5, 5.41) is 10.6. The Morgan fingerprint density at radius 1 is 1.12 bits per heavy atom. The molecule has 0 amide bonds. The topological polar surface area (TPSA) is 70.1 Å². The van der Waals surface area contributed by atoms with Crippen molar-refractivity contribution in [2.75, 3.05) is 4.90 Å². The van der Waals surface area contributed by atoms with Crippen molar-refractivity contribution >= 4 is 34.7 Å². The molecule has 0 spiro atoms. The molecule has 0 radical (unpaired) electrons. The van der Waals surface area contributed by atoms with Crippen molar-refractivity contribution in [3.63, 3.8) is 0 Å². The summed E-state index contributed by atoms with van der Waals surface area (Å²) in [5.74, 6) is -1.02. The molecule has 0 aromatic heterocycles. The maximum atomic E-state index is 13.5. The van der Waals surface area contributed by atoms with Crippen LogP contribution in [0.3, 0.4) is 0 Å². The second-order valence-electron chi connectivity index (χ2n) is 9.20. The molecule has 1 unspecified atom stereocenters. The molecule has 34 heavy (non-hydrogen) atoms. The van der Waals surface area contributed by atoms with Crippen molar-refractivity contribution in [2.45, 2.75) is 38.8 Å². The predicted octanol–water partition coefficient (Wildman–Crippen LogP) is 6.95. The average Bonchev–Trinajstić information content (AvgIpc) is 2.73. The quantitative estimate of drug-likeness (QED) is 0.479. The summed E-state index contributed by atoms with van der Waals surface area (Å²) in [6.45, 7) is 3.80. The minimum Gasteiger partial charge on any atom is -0.384 e. The number of allylic oxidation sites excluding steroid dienone is 3. The number of nitrogens with two attached hydrogens (primary N) is 1. The number of benzene rings is 2. The van der Waals surface area contributed by atoms with Gasteiger partial charge in [-0.15, -0.1) is 0 Å². The Morgan fingerprint density at radius 3 is 2.35 bits per heavy atom. The second-order valence-corrected chi connectivity index (χ2v) is 10.0. The van der Waals surface area contributed by atoms with E-state index in [1.807, 2.05) is 13.8 Å². The highest BCUT2D eigenvalue weighted by Gasteiger charge is 2.45. The van der Waals surface area contributed by atoms with Crippen molar-refractivity contribution in [2.24, 2.45) is 11.1 Å². The number of Topliss-reactive ketones (excluding diaryl/α,β-unsaturated/α-hetero) is 1. The first kappa shape index (κ1) is 24.2. The van der Waals surface area contributed by atoms with Gasteiger partial charge in [0.25, 0.3) is 0 Å². The van der Waals surface area contributed by atoms with E-state index in [1.165, 1.54) is 4.90 Å². The van der Waals surface area contributed by atoms with Crippen molar-refractivity contribution in [3.05, 3.63) is 86.3 Å². The third kappa shape index (κ3) is 4.17. The molecule has 9 heteroatoms. The minimum atomic E-state index is -4.61. The third-order valence-corrected chi connectivity index (χ3v) is 6.67. The number of halogens is 5. The fraction of sp³-hybridized carbons (Fsp3) is 0.280. The van der Waals surface area contributed by atoms with Crippen LogP contribution in [0, 0.1) is 16.7 Å². The smallest absolute Gasteiger partial charge is 0.384 e. The lowest BCUT2D eigenvalue weighted by molar-refractivity contribution is -0.137. The van der Waals surface area contributed by atoms with Gasteiger partial charge in [-0.05, 0) is 47.7 Å². The highest BCUT2D eigenvalue weighted by molar-refractivity contribution is 6.33. The van der Waals surface area contributed by atoms with Crippen LogP contribution in [-0.2, 0) is 11.0 Å². The Labute approximate surface area is 205 Å². The Morgan fingerprint density at radius 2 is 1.76 bits per heavy atom. The molecule has 2 aliphatic rings. The molecule has 4 nitrogen and oxygen atoms in total. The lowest BCUT2D eigenvalue weighted by Gasteiger charge is -2.44. The summed E-state index contributed by atoms with van der Waals surface area (Å²) in [6.07, 6.45) is -4.04. The van der Waals surface area contributed by atoms with E-state index in [0.717, 1.165) is 18.2 Å². The van der Waals surface area contributed by atoms with E-state index in [0.29, 0.717) is 28.3 Å². The van der Waals surface area contributed by atoms with Gasteiger partial charge < -0.3 is 5.73 Å². The monoisotopic (exact) mass is 505 g/mol. The summed E-state index contributed by atoms with van der Waals surface area (Å²) < 4.78 is 40.5. The van der Waals surface area contributed by atoms with Gasteiger partial charge in [-0.1, -0.05) is 49.2 Å². The van der Waals surface area contributed by atoms with Gasteiger partial charge in [-0.3, -0.25) is 9.69 Å². The summed E-state index contributed by atoms with van der Waals surface area (Å²) in [6, 6.07) is 11.7. The van der Waals surface area contributed by atoms with E-state index in [-0.39, 0.29) is 34.3 Å². The molecule has 4 rings (SSSR count). The summed E-state index contributed by atoms with van der Waals surface area (Å²) >= 11 is 12.4. The Hall–Kier alpha value is -2.95. The van der Waals surface area contributed by atoms with E-state index in [9.17, 15) is 23.2 Å². The van der Waals surface area contributed by atoms with Gasteiger partial charge in [-0.2, -0.15) is 18.4 Å². The molecular formula is C25H20Cl2F3N3O. The van der Waals surface area contributed by atoms with Crippen LogP contribution in [0.25, 0.3) is 0 Å². The number of alkyl halides is 3. The number of nitrogens with zero attached hydrogens (tertiary/aromatic N) is 2. The molecule has 176 valence electrons. The van der Waals surface area contributed by atoms with E-state index in [1.54, 1.807) is 24.3 Å². The molecular weight excluding hydrogens is 486 g/mol. The van der Waals surface area contributed by atoms with Crippen LogP contribution in [-0.4, -0.2) is 5.78 Å². The standard InChI is InChI=1S/C25H20Cl2F3N3O/c1-24(2)10-19-22(20(34)11-24)21(13-3-6-15(26)7-4-13)16(12-31)23(32)33(19)18-9-14(25(28,29)30)5-8-17(18)27/h3-9,21H,10-11,32H2,1-2H3. The highest BCUT2D eigenvalue weighted by Crippen LogP contribution is 2.51. The molecule has 1 atom stereocenters. The largest absolute Gasteiger partial charge is 0.416 e. The fourth-order valence-electron chi connectivity index (χ4n) is 4.63. The first-order valence-electron chi connectivity index (χ1n) is 10.4. The predicted molar refractivity (Wildman–Crippen MR) is 125 cm³/mol. The van der Waals surface area contributed by atoms with Crippen LogP contribution in [0.5, 0.6) is 0 Å². The van der Waals surface area contributed by atoms with E-state index in [4.69, 9.17) is 28.9 Å². The fourth-order valence-corrected chi connectivity index (χ4v) is 4.96. The number of rotatable bonds is 2. The van der Waals surface area contributed by atoms with Crippen molar-refractivity contribution in [1.29, 1.82) is 5.26 Å².